The highest BCUT2D eigenvalue weighted by Crippen LogP contribution is 2.38. The van der Waals surface area contributed by atoms with Gasteiger partial charge in [-0.25, -0.2) is 0 Å². The number of hydrogen-bond acceptors (Lipinski definition) is 3. The van der Waals surface area contributed by atoms with E-state index in [2.05, 4.69) is 19.1 Å². The van der Waals surface area contributed by atoms with Crippen molar-refractivity contribution in [2.24, 2.45) is 5.92 Å². The smallest absolute Gasteiger partial charge is 0.188 e. The molecule has 3 nitrogen and oxygen atoms in total. The van der Waals surface area contributed by atoms with Crippen molar-refractivity contribution in [2.75, 3.05) is 13.9 Å². The van der Waals surface area contributed by atoms with Crippen LogP contribution >= 0.6 is 0 Å². The van der Waals surface area contributed by atoms with E-state index in [9.17, 15) is 5.11 Å². The van der Waals surface area contributed by atoms with E-state index >= 15 is 0 Å². The third kappa shape index (κ3) is 3.03. The van der Waals surface area contributed by atoms with Crippen molar-refractivity contribution in [3.05, 3.63) is 29.8 Å². The number of aliphatic hydroxyl groups excluding tert-OH is 1. The van der Waals surface area contributed by atoms with Gasteiger partial charge in [0.25, 0.3) is 0 Å². The zero-order chi connectivity index (χ0) is 13.0. The quantitative estimate of drug-likeness (QED) is 0.835. The number of aliphatic hydroxyl groups is 1. The monoisotopic (exact) mass is 250 g/mol. The summed E-state index contributed by atoms with van der Waals surface area (Å²) in [6.45, 7) is 2.42. The number of hydrogen-bond donors (Lipinski definition) is 1. The van der Waals surface area contributed by atoms with Gasteiger partial charge in [-0.1, -0.05) is 25.5 Å². The molecular weight excluding hydrogens is 228 g/mol. The Morgan fingerprint density at radius 2 is 1.94 bits per heavy atom. The minimum atomic E-state index is -0.159. The molecule has 1 aromatic rings. The van der Waals surface area contributed by atoms with Gasteiger partial charge in [0.05, 0.1) is 6.10 Å². The predicted molar refractivity (Wildman–Crippen MR) is 70.7 cm³/mol. The molecule has 18 heavy (non-hydrogen) atoms. The lowest BCUT2D eigenvalue weighted by Crippen LogP contribution is -2.28. The fourth-order valence-corrected chi connectivity index (χ4v) is 2.75. The van der Waals surface area contributed by atoms with Gasteiger partial charge >= 0.3 is 0 Å². The van der Waals surface area contributed by atoms with Gasteiger partial charge in [-0.2, -0.15) is 0 Å². The molecule has 0 aliphatic heterocycles. The normalized spacial score (nSPS) is 28.1. The second-order valence-corrected chi connectivity index (χ2v) is 5.08. The van der Waals surface area contributed by atoms with Crippen LogP contribution in [0.5, 0.6) is 5.75 Å². The maximum absolute atomic E-state index is 9.94. The molecule has 2 rings (SSSR count). The fourth-order valence-electron chi connectivity index (χ4n) is 2.75. The van der Waals surface area contributed by atoms with Crippen LogP contribution in [0.3, 0.4) is 0 Å². The summed E-state index contributed by atoms with van der Waals surface area (Å²) in [5.74, 6) is 1.62. The number of benzene rings is 1. The van der Waals surface area contributed by atoms with E-state index in [1.54, 1.807) is 7.11 Å². The van der Waals surface area contributed by atoms with Gasteiger partial charge < -0.3 is 14.6 Å². The molecular formula is C15H22O3. The Morgan fingerprint density at radius 3 is 2.61 bits per heavy atom. The molecule has 1 fully saturated rings. The highest BCUT2D eigenvalue weighted by atomic mass is 16.7. The average Bonchev–Trinajstić information content (AvgIpc) is 2.40. The highest BCUT2D eigenvalue weighted by Gasteiger charge is 2.29. The minimum absolute atomic E-state index is 0.159. The summed E-state index contributed by atoms with van der Waals surface area (Å²) < 4.78 is 10.2. The SMILES string of the molecule is COCOc1ccc([C@H]2CCC[C@@H](O)[C@H]2C)cc1. The van der Waals surface area contributed by atoms with Crippen LogP contribution in [0.25, 0.3) is 0 Å². The number of methoxy groups -OCH3 is 1. The molecule has 1 aliphatic carbocycles. The minimum Gasteiger partial charge on any atom is -0.468 e. The maximum atomic E-state index is 9.94. The Kier molecular flexibility index (Phi) is 4.61. The van der Waals surface area contributed by atoms with Crippen LogP contribution < -0.4 is 4.74 Å². The molecule has 1 saturated carbocycles. The lowest BCUT2D eigenvalue weighted by molar-refractivity contribution is 0.0510. The molecule has 3 atom stereocenters. The summed E-state index contributed by atoms with van der Waals surface area (Å²) in [4.78, 5) is 0. The summed E-state index contributed by atoms with van der Waals surface area (Å²) in [6, 6.07) is 8.15. The molecule has 0 saturated heterocycles. The molecule has 0 heterocycles. The van der Waals surface area contributed by atoms with E-state index < -0.39 is 0 Å². The van der Waals surface area contributed by atoms with Crippen molar-refractivity contribution in [1.29, 1.82) is 0 Å². The van der Waals surface area contributed by atoms with Gasteiger partial charge in [-0.3, -0.25) is 0 Å². The Balaban J connectivity index is 2.04. The first-order chi connectivity index (χ1) is 8.72. The van der Waals surface area contributed by atoms with Crippen molar-refractivity contribution < 1.29 is 14.6 Å². The lowest BCUT2D eigenvalue weighted by atomic mass is 9.75. The number of rotatable bonds is 4. The Hall–Kier alpha value is -1.06. The second kappa shape index (κ2) is 6.21. The highest BCUT2D eigenvalue weighted by molar-refractivity contribution is 5.30. The van der Waals surface area contributed by atoms with Crippen LogP contribution in [0.15, 0.2) is 24.3 Å². The largest absolute Gasteiger partial charge is 0.468 e. The second-order valence-electron chi connectivity index (χ2n) is 5.08. The van der Waals surface area contributed by atoms with Crippen LogP contribution in [-0.2, 0) is 4.74 Å². The lowest BCUT2D eigenvalue weighted by Gasteiger charge is -2.33. The standard InChI is InChI=1S/C15H22O3/c1-11-14(4-3-5-15(11)16)12-6-8-13(9-7-12)18-10-17-2/h6-9,11,14-16H,3-5,10H2,1-2H3/t11-,14-,15+/m0/s1. The zero-order valence-electron chi connectivity index (χ0n) is 11.1. The van der Waals surface area contributed by atoms with Crippen LogP contribution in [0.4, 0.5) is 0 Å². The molecule has 0 amide bonds. The molecule has 0 unspecified atom stereocenters. The van der Waals surface area contributed by atoms with E-state index in [1.807, 2.05) is 12.1 Å². The van der Waals surface area contributed by atoms with Gasteiger partial charge in [0.15, 0.2) is 6.79 Å². The first-order valence-corrected chi connectivity index (χ1v) is 6.62. The van der Waals surface area contributed by atoms with Gasteiger partial charge in [0, 0.05) is 7.11 Å². The van der Waals surface area contributed by atoms with E-state index in [4.69, 9.17) is 9.47 Å². The van der Waals surface area contributed by atoms with Gasteiger partial charge in [-0.15, -0.1) is 0 Å². The van der Waals surface area contributed by atoms with Gasteiger partial charge in [0.1, 0.15) is 5.75 Å². The summed E-state index contributed by atoms with van der Waals surface area (Å²) >= 11 is 0. The summed E-state index contributed by atoms with van der Waals surface area (Å²) in [7, 11) is 1.61. The summed E-state index contributed by atoms with van der Waals surface area (Å²) in [5.41, 5.74) is 1.30. The molecule has 1 aliphatic rings. The van der Waals surface area contributed by atoms with Crippen LogP contribution in [0.2, 0.25) is 0 Å². The molecule has 0 aromatic heterocycles. The van der Waals surface area contributed by atoms with Gasteiger partial charge in [0.2, 0.25) is 0 Å². The van der Waals surface area contributed by atoms with Crippen LogP contribution in [0, 0.1) is 5.92 Å². The zero-order valence-corrected chi connectivity index (χ0v) is 11.1. The maximum Gasteiger partial charge on any atom is 0.188 e. The first kappa shape index (κ1) is 13.4. The molecule has 0 radical (unpaired) electrons. The number of ether oxygens (including phenoxy) is 2. The van der Waals surface area contributed by atoms with E-state index in [1.165, 1.54) is 5.56 Å². The Bertz CT molecular complexity index is 361. The molecule has 0 spiro atoms. The molecule has 1 N–H and O–H groups in total. The molecule has 100 valence electrons. The van der Waals surface area contributed by atoms with Crippen LogP contribution in [0.1, 0.15) is 37.7 Å². The van der Waals surface area contributed by atoms with E-state index in [0.717, 1.165) is 25.0 Å². The Labute approximate surface area is 109 Å². The average molecular weight is 250 g/mol. The Morgan fingerprint density at radius 1 is 1.22 bits per heavy atom. The summed E-state index contributed by atoms with van der Waals surface area (Å²) in [5, 5.41) is 9.94. The summed E-state index contributed by atoms with van der Waals surface area (Å²) in [6.07, 6.45) is 3.05. The van der Waals surface area contributed by atoms with Crippen molar-refractivity contribution in [1.82, 2.24) is 0 Å². The molecule has 0 bridgehead atoms. The van der Waals surface area contributed by atoms with Crippen molar-refractivity contribution in [3.63, 3.8) is 0 Å². The van der Waals surface area contributed by atoms with Crippen LogP contribution in [-0.4, -0.2) is 25.1 Å². The fraction of sp³-hybridized carbons (Fsp3) is 0.600. The van der Waals surface area contributed by atoms with Crippen molar-refractivity contribution in [2.45, 2.75) is 38.2 Å². The molecule has 1 aromatic carbocycles. The molecule has 3 heteroatoms. The third-order valence-electron chi connectivity index (χ3n) is 3.91. The van der Waals surface area contributed by atoms with Crippen molar-refractivity contribution >= 4 is 0 Å². The third-order valence-corrected chi connectivity index (χ3v) is 3.91. The predicted octanol–water partition coefficient (Wildman–Crippen LogP) is 2.93. The first-order valence-electron chi connectivity index (χ1n) is 6.62. The van der Waals surface area contributed by atoms with E-state index in [-0.39, 0.29) is 12.9 Å². The topological polar surface area (TPSA) is 38.7 Å². The van der Waals surface area contributed by atoms with Crippen molar-refractivity contribution in [3.8, 4) is 5.75 Å². The van der Waals surface area contributed by atoms with Gasteiger partial charge in [-0.05, 0) is 42.4 Å². The van der Waals surface area contributed by atoms with E-state index in [0.29, 0.717) is 11.8 Å².